The van der Waals surface area contributed by atoms with Crippen LogP contribution in [0.25, 0.3) is 0 Å². The Labute approximate surface area is 313 Å². The second-order valence-corrected chi connectivity index (χ2v) is 15.2. The Bertz CT molecular complexity index is 940. The Morgan fingerprint density at radius 2 is 0.647 bits per heavy atom. The molecule has 1 rings (SSSR count). The fourth-order valence-corrected chi connectivity index (χ4v) is 7.31. The number of carbonyl (C=O) groups excluding carboxylic acids is 1. The largest absolute Gasteiger partial charge is 0.478 e. The van der Waals surface area contributed by atoms with Crippen LogP contribution in [-0.4, -0.2) is 46.0 Å². The van der Waals surface area contributed by atoms with Crippen molar-refractivity contribution in [1.82, 2.24) is 4.90 Å². The van der Waals surface area contributed by atoms with E-state index in [2.05, 4.69) is 13.8 Å². The number of hydrogen-bond donors (Lipinski definition) is 2. The van der Waals surface area contributed by atoms with Gasteiger partial charge in [-0.3, -0.25) is 4.79 Å². The van der Waals surface area contributed by atoms with Gasteiger partial charge in [-0.1, -0.05) is 213 Å². The molecule has 0 saturated carbocycles. The monoisotopic (exact) mass is 714 g/mol. The second kappa shape index (κ2) is 33.5. The summed E-state index contributed by atoms with van der Waals surface area (Å²) in [6.45, 7) is 5.60. The number of hydrogen-bond acceptors (Lipinski definition) is 3. The molecule has 0 saturated heterocycles. The van der Waals surface area contributed by atoms with Gasteiger partial charge in [-0.05, 0) is 25.0 Å². The Morgan fingerprint density at radius 3 is 0.882 bits per heavy atom. The van der Waals surface area contributed by atoms with Crippen molar-refractivity contribution in [3.8, 4) is 0 Å². The molecular formula is C45H79NO5. The highest BCUT2D eigenvalue weighted by Gasteiger charge is 2.27. The molecule has 0 unspecified atom stereocenters. The predicted octanol–water partition coefficient (Wildman–Crippen LogP) is 14.0. The summed E-state index contributed by atoms with van der Waals surface area (Å²) in [4.78, 5) is 39.5. The SMILES string of the molecule is CCCCCCCCCCCCCCCCCCN(CCCCCCCCCCCCCCCCCC)C(=O)c1c(C(=O)O)cccc1C(=O)O. The van der Waals surface area contributed by atoms with Crippen LogP contribution < -0.4 is 0 Å². The molecule has 0 radical (unpaired) electrons. The van der Waals surface area contributed by atoms with E-state index in [0.29, 0.717) is 13.1 Å². The van der Waals surface area contributed by atoms with Gasteiger partial charge in [0.05, 0.1) is 16.7 Å². The molecule has 6 nitrogen and oxygen atoms in total. The van der Waals surface area contributed by atoms with Crippen LogP contribution in [-0.2, 0) is 0 Å². The van der Waals surface area contributed by atoms with Gasteiger partial charge in [0, 0.05) is 13.1 Å². The number of benzene rings is 1. The molecule has 1 amide bonds. The number of nitrogens with zero attached hydrogens (tertiary/aromatic N) is 1. The smallest absolute Gasteiger partial charge is 0.336 e. The van der Waals surface area contributed by atoms with Gasteiger partial charge in [0.1, 0.15) is 0 Å². The van der Waals surface area contributed by atoms with Gasteiger partial charge in [-0.15, -0.1) is 0 Å². The lowest BCUT2D eigenvalue weighted by Gasteiger charge is -2.24. The summed E-state index contributed by atoms with van der Waals surface area (Å²) in [7, 11) is 0. The van der Waals surface area contributed by atoms with Crippen molar-refractivity contribution in [2.45, 2.75) is 219 Å². The number of carboxylic acids is 2. The first-order valence-corrected chi connectivity index (χ1v) is 21.8. The van der Waals surface area contributed by atoms with Gasteiger partial charge in [0.2, 0.25) is 0 Å². The van der Waals surface area contributed by atoms with Crippen LogP contribution in [0, 0.1) is 0 Å². The number of unbranched alkanes of at least 4 members (excludes halogenated alkanes) is 30. The van der Waals surface area contributed by atoms with Crippen LogP contribution >= 0.6 is 0 Å². The van der Waals surface area contributed by atoms with Crippen LogP contribution in [0.4, 0.5) is 0 Å². The van der Waals surface area contributed by atoms with Gasteiger partial charge >= 0.3 is 11.9 Å². The zero-order valence-corrected chi connectivity index (χ0v) is 33.3. The second-order valence-electron chi connectivity index (χ2n) is 15.2. The fourth-order valence-electron chi connectivity index (χ4n) is 7.31. The molecule has 51 heavy (non-hydrogen) atoms. The molecule has 1 aromatic carbocycles. The molecule has 0 aliphatic rings. The van der Waals surface area contributed by atoms with Crippen LogP contribution in [0.15, 0.2) is 18.2 Å². The standard InChI is InChI=1S/C45H79NO5/c1-3-5-7-9-11-13-15-17-19-21-23-25-27-29-31-33-38-46(43(47)42-40(44(48)49)36-35-37-41(42)45(50)51)39-34-32-30-28-26-24-22-20-18-16-14-12-10-8-6-4-2/h35-37H,3-34,38-39H2,1-2H3,(H,48,49)(H,50,51). The van der Waals surface area contributed by atoms with Gasteiger partial charge in [-0.2, -0.15) is 0 Å². The van der Waals surface area contributed by atoms with E-state index >= 15 is 0 Å². The topological polar surface area (TPSA) is 94.9 Å². The first-order chi connectivity index (χ1) is 24.9. The van der Waals surface area contributed by atoms with E-state index in [9.17, 15) is 24.6 Å². The molecule has 6 heteroatoms. The Kier molecular flexibility index (Phi) is 30.6. The highest BCUT2D eigenvalue weighted by molar-refractivity contribution is 6.11. The Balaban J connectivity index is 2.39. The van der Waals surface area contributed by atoms with Gasteiger partial charge in [0.25, 0.3) is 5.91 Å². The third-order valence-electron chi connectivity index (χ3n) is 10.6. The van der Waals surface area contributed by atoms with Crippen LogP contribution in [0.5, 0.6) is 0 Å². The maximum atomic E-state index is 13.8. The van der Waals surface area contributed by atoms with Crippen molar-refractivity contribution in [2.24, 2.45) is 0 Å². The van der Waals surface area contributed by atoms with Crippen molar-refractivity contribution in [3.63, 3.8) is 0 Å². The van der Waals surface area contributed by atoms with E-state index in [0.717, 1.165) is 38.5 Å². The van der Waals surface area contributed by atoms with E-state index in [1.54, 1.807) is 4.90 Å². The first-order valence-electron chi connectivity index (χ1n) is 21.8. The zero-order chi connectivity index (χ0) is 37.2. The quantitative estimate of drug-likeness (QED) is 0.0669. The molecule has 0 aliphatic heterocycles. The maximum Gasteiger partial charge on any atom is 0.336 e. The summed E-state index contributed by atoms with van der Waals surface area (Å²) in [6, 6.07) is 4.08. The molecule has 0 atom stereocenters. The highest BCUT2D eigenvalue weighted by atomic mass is 16.4. The van der Waals surface area contributed by atoms with Crippen molar-refractivity contribution >= 4 is 17.8 Å². The van der Waals surface area contributed by atoms with E-state index in [-0.39, 0.29) is 16.7 Å². The van der Waals surface area contributed by atoms with E-state index in [4.69, 9.17) is 0 Å². The van der Waals surface area contributed by atoms with E-state index in [1.807, 2.05) is 0 Å². The van der Waals surface area contributed by atoms with Crippen molar-refractivity contribution in [2.75, 3.05) is 13.1 Å². The lowest BCUT2D eigenvalue weighted by atomic mass is 9.99. The Morgan fingerprint density at radius 1 is 0.412 bits per heavy atom. The van der Waals surface area contributed by atoms with Crippen LogP contribution in [0.2, 0.25) is 0 Å². The van der Waals surface area contributed by atoms with Gasteiger partial charge < -0.3 is 15.1 Å². The Hall–Kier alpha value is -2.37. The van der Waals surface area contributed by atoms with Crippen LogP contribution in [0.1, 0.15) is 250 Å². The number of aromatic carboxylic acids is 2. The maximum absolute atomic E-state index is 13.8. The molecule has 0 aromatic heterocycles. The average molecular weight is 714 g/mol. The minimum Gasteiger partial charge on any atom is -0.478 e. The summed E-state index contributed by atoms with van der Waals surface area (Å²) in [6.07, 6.45) is 40.9. The summed E-state index contributed by atoms with van der Waals surface area (Å²) in [5.74, 6) is -3.01. The first kappa shape index (κ1) is 46.7. The third-order valence-corrected chi connectivity index (χ3v) is 10.6. The fraction of sp³-hybridized carbons (Fsp3) is 0.800. The van der Waals surface area contributed by atoms with Crippen molar-refractivity contribution in [1.29, 1.82) is 0 Å². The van der Waals surface area contributed by atoms with Gasteiger partial charge in [-0.25, -0.2) is 9.59 Å². The molecule has 0 heterocycles. The molecular weight excluding hydrogens is 634 g/mol. The minimum absolute atomic E-state index is 0.189. The summed E-state index contributed by atoms with van der Waals surface area (Å²) in [5, 5.41) is 19.6. The van der Waals surface area contributed by atoms with Crippen LogP contribution in [0.3, 0.4) is 0 Å². The predicted molar refractivity (Wildman–Crippen MR) is 215 cm³/mol. The minimum atomic E-state index is -1.27. The molecule has 294 valence electrons. The molecule has 0 fully saturated rings. The highest BCUT2D eigenvalue weighted by Crippen LogP contribution is 2.21. The van der Waals surface area contributed by atoms with Gasteiger partial charge in [0.15, 0.2) is 0 Å². The molecule has 1 aromatic rings. The molecule has 0 aliphatic carbocycles. The average Bonchev–Trinajstić information content (AvgIpc) is 3.12. The van der Waals surface area contributed by atoms with E-state index in [1.165, 1.54) is 185 Å². The normalized spacial score (nSPS) is 11.3. The number of amides is 1. The van der Waals surface area contributed by atoms with E-state index < -0.39 is 17.8 Å². The number of carbonyl (C=O) groups is 3. The lowest BCUT2D eigenvalue weighted by molar-refractivity contribution is 0.0658. The molecule has 0 spiro atoms. The van der Waals surface area contributed by atoms with Crippen molar-refractivity contribution in [3.05, 3.63) is 34.9 Å². The molecule has 2 N–H and O–H groups in total. The van der Waals surface area contributed by atoms with Crippen molar-refractivity contribution < 1.29 is 24.6 Å². The molecule has 0 bridgehead atoms. The zero-order valence-electron chi connectivity index (χ0n) is 33.3. The number of carboxylic acid groups (broad SMARTS) is 2. The lowest BCUT2D eigenvalue weighted by Crippen LogP contribution is -2.35. The third kappa shape index (κ3) is 24.5. The number of rotatable bonds is 37. The summed E-state index contributed by atoms with van der Waals surface area (Å²) < 4.78 is 0. The summed E-state index contributed by atoms with van der Waals surface area (Å²) in [5.41, 5.74) is -0.654. The summed E-state index contributed by atoms with van der Waals surface area (Å²) >= 11 is 0.